The lowest BCUT2D eigenvalue weighted by Gasteiger charge is -2.32. The zero-order chi connectivity index (χ0) is 22.8. The van der Waals surface area contributed by atoms with Crippen molar-refractivity contribution in [3.05, 3.63) is 77.5 Å². The molecule has 3 rings (SSSR count). The van der Waals surface area contributed by atoms with E-state index in [9.17, 15) is 14.9 Å². The van der Waals surface area contributed by atoms with Crippen LogP contribution in [0.1, 0.15) is 35.7 Å². The van der Waals surface area contributed by atoms with Crippen LogP contribution in [0, 0.1) is 11.3 Å². The Labute approximate surface area is 188 Å². The van der Waals surface area contributed by atoms with Gasteiger partial charge in [0.2, 0.25) is 0 Å². The SMILES string of the molecule is CCOC(=O)c1ccccc1NC(=O)/C(C#N)=C\NC1CCN(Cc2ccccc2)CC1. The highest BCUT2D eigenvalue weighted by Gasteiger charge is 2.20. The van der Waals surface area contributed by atoms with Crippen LogP contribution < -0.4 is 10.6 Å². The fraction of sp³-hybridized carbons (Fsp3) is 0.320. The second-order valence-electron chi connectivity index (χ2n) is 7.59. The van der Waals surface area contributed by atoms with E-state index >= 15 is 0 Å². The molecule has 0 atom stereocenters. The van der Waals surface area contributed by atoms with Crippen LogP contribution in [0.3, 0.4) is 0 Å². The number of para-hydroxylation sites is 1. The largest absolute Gasteiger partial charge is 0.462 e. The number of hydrogen-bond acceptors (Lipinski definition) is 6. The molecule has 7 heteroatoms. The van der Waals surface area contributed by atoms with Gasteiger partial charge in [-0.3, -0.25) is 9.69 Å². The standard InChI is InChI=1S/C25H28N4O3/c1-2-32-25(31)22-10-6-7-11-23(22)28-24(30)20(16-26)17-27-21-12-14-29(15-13-21)18-19-8-4-3-5-9-19/h3-11,17,21,27H,2,12-15,18H2,1H3,(H,28,30)/b20-17-. The quantitative estimate of drug-likeness (QED) is 0.377. The normalized spacial score (nSPS) is 14.9. The van der Waals surface area contributed by atoms with E-state index < -0.39 is 11.9 Å². The van der Waals surface area contributed by atoms with Crippen molar-refractivity contribution in [2.45, 2.75) is 32.4 Å². The van der Waals surface area contributed by atoms with E-state index in [-0.39, 0.29) is 23.8 Å². The summed E-state index contributed by atoms with van der Waals surface area (Å²) in [5.74, 6) is -1.09. The molecule has 166 valence electrons. The van der Waals surface area contributed by atoms with Gasteiger partial charge in [-0.1, -0.05) is 42.5 Å². The number of esters is 1. The smallest absolute Gasteiger partial charge is 0.340 e. The molecule has 7 nitrogen and oxygen atoms in total. The first kappa shape index (κ1) is 23.0. The molecule has 2 aromatic carbocycles. The van der Waals surface area contributed by atoms with Crippen molar-refractivity contribution in [2.24, 2.45) is 0 Å². The minimum Gasteiger partial charge on any atom is -0.462 e. The molecule has 0 unspecified atom stereocenters. The third kappa shape index (κ3) is 6.43. The van der Waals surface area contributed by atoms with E-state index in [2.05, 4.69) is 27.7 Å². The molecule has 1 aliphatic heterocycles. The number of ether oxygens (including phenoxy) is 1. The van der Waals surface area contributed by atoms with Gasteiger partial charge in [0.25, 0.3) is 5.91 Å². The van der Waals surface area contributed by atoms with Crippen LogP contribution in [0.15, 0.2) is 66.4 Å². The topological polar surface area (TPSA) is 94.5 Å². The van der Waals surface area contributed by atoms with Crippen LogP contribution in [-0.4, -0.2) is 42.5 Å². The Balaban J connectivity index is 1.54. The Morgan fingerprint density at radius 3 is 2.50 bits per heavy atom. The second-order valence-corrected chi connectivity index (χ2v) is 7.59. The van der Waals surface area contributed by atoms with Crippen molar-refractivity contribution >= 4 is 17.6 Å². The van der Waals surface area contributed by atoms with Gasteiger partial charge in [0, 0.05) is 31.9 Å². The van der Waals surface area contributed by atoms with Crippen molar-refractivity contribution < 1.29 is 14.3 Å². The fourth-order valence-electron chi connectivity index (χ4n) is 3.62. The molecule has 32 heavy (non-hydrogen) atoms. The maximum atomic E-state index is 12.6. The third-order valence-corrected chi connectivity index (χ3v) is 5.34. The Morgan fingerprint density at radius 2 is 1.81 bits per heavy atom. The van der Waals surface area contributed by atoms with Crippen molar-refractivity contribution in [2.75, 3.05) is 25.0 Å². The van der Waals surface area contributed by atoms with Gasteiger partial charge in [-0.2, -0.15) is 5.26 Å². The van der Waals surface area contributed by atoms with Gasteiger partial charge < -0.3 is 15.4 Å². The van der Waals surface area contributed by atoms with Crippen LogP contribution in [0.5, 0.6) is 0 Å². The molecule has 0 saturated carbocycles. The van der Waals surface area contributed by atoms with Gasteiger partial charge in [0.1, 0.15) is 11.6 Å². The minimum atomic E-state index is -0.571. The third-order valence-electron chi connectivity index (χ3n) is 5.34. The van der Waals surface area contributed by atoms with Crippen molar-refractivity contribution in [3.63, 3.8) is 0 Å². The molecule has 1 fully saturated rings. The van der Waals surface area contributed by atoms with Gasteiger partial charge in [0.15, 0.2) is 0 Å². The van der Waals surface area contributed by atoms with Gasteiger partial charge >= 0.3 is 5.97 Å². The molecule has 2 N–H and O–H groups in total. The van der Waals surface area contributed by atoms with Gasteiger partial charge in [-0.15, -0.1) is 0 Å². The summed E-state index contributed by atoms with van der Waals surface area (Å²) >= 11 is 0. The molecule has 2 aromatic rings. The lowest BCUT2D eigenvalue weighted by atomic mass is 10.0. The number of anilines is 1. The molecule has 1 saturated heterocycles. The van der Waals surface area contributed by atoms with Gasteiger partial charge in [-0.05, 0) is 37.5 Å². The summed E-state index contributed by atoms with van der Waals surface area (Å²) in [4.78, 5) is 27.1. The maximum absolute atomic E-state index is 12.6. The Bertz CT molecular complexity index is 990. The number of likely N-dealkylation sites (tertiary alicyclic amines) is 1. The van der Waals surface area contributed by atoms with Crippen LogP contribution >= 0.6 is 0 Å². The van der Waals surface area contributed by atoms with E-state index in [1.165, 1.54) is 11.8 Å². The first-order valence-electron chi connectivity index (χ1n) is 10.8. The molecule has 1 amide bonds. The van der Waals surface area contributed by atoms with Gasteiger partial charge in [0.05, 0.1) is 17.9 Å². The molecule has 0 spiro atoms. The average molecular weight is 433 g/mol. The summed E-state index contributed by atoms with van der Waals surface area (Å²) in [5.41, 5.74) is 1.81. The highest BCUT2D eigenvalue weighted by Crippen LogP contribution is 2.18. The predicted molar refractivity (Wildman–Crippen MR) is 123 cm³/mol. The van der Waals surface area contributed by atoms with E-state index in [0.29, 0.717) is 5.69 Å². The molecule has 1 heterocycles. The maximum Gasteiger partial charge on any atom is 0.340 e. The van der Waals surface area contributed by atoms with Crippen LogP contribution in [0.2, 0.25) is 0 Å². The zero-order valence-electron chi connectivity index (χ0n) is 18.2. The number of piperidine rings is 1. The molecular formula is C25H28N4O3. The Kier molecular flexibility index (Phi) is 8.41. The summed E-state index contributed by atoms with van der Waals surface area (Å²) in [6.45, 7) is 4.77. The summed E-state index contributed by atoms with van der Waals surface area (Å²) in [7, 11) is 0. The number of nitrogens with one attached hydrogen (secondary N) is 2. The van der Waals surface area contributed by atoms with E-state index in [1.807, 2.05) is 24.3 Å². The molecular weight excluding hydrogens is 404 g/mol. The van der Waals surface area contributed by atoms with Gasteiger partial charge in [-0.25, -0.2) is 4.79 Å². The molecule has 0 aromatic heterocycles. The molecule has 0 radical (unpaired) electrons. The molecule has 1 aliphatic rings. The lowest BCUT2D eigenvalue weighted by molar-refractivity contribution is -0.112. The average Bonchev–Trinajstić information content (AvgIpc) is 2.82. The fourth-order valence-corrected chi connectivity index (χ4v) is 3.62. The number of carbonyl (C=O) groups is 2. The van der Waals surface area contributed by atoms with E-state index in [0.717, 1.165) is 32.5 Å². The van der Waals surface area contributed by atoms with Crippen LogP contribution in [0.25, 0.3) is 0 Å². The summed E-state index contributed by atoms with van der Waals surface area (Å²) in [5, 5.41) is 15.3. The lowest BCUT2D eigenvalue weighted by Crippen LogP contribution is -2.40. The number of nitriles is 1. The van der Waals surface area contributed by atoms with E-state index in [1.54, 1.807) is 31.2 Å². The van der Waals surface area contributed by atoms with E-state index in [4.69, 9.17) is 4.74 Å². The molecule has 0 bridgehead atoms. The zero-order valence-corrected chi connectivity index (χ0v) is 18.2. The number of hydrogen-bond donors (Lipinski definition) is 2. The number of amides is 1. The summed E-state index contributed by atoms with van der Waals surface area (Å²) in [6, 6.07) is 19.1. The number of rotatable bonds is 8. The highest BCUT2D eigenvalue weighted by atomic mass is 16.5. The van der Waals surface area contributed by atoms with Crippen LogP contribution in [0.4, 0.5) is 5.69 Å². The summed E-state index contributed by atoms with van der Waals surface area (Å²) < 4.78 is 5.02. The van der Waals surface area contributed by atoms with Crippen molar-refractivity contribution in [1.29, 1.82) is 5.26 Å². The highest BCUT2D eigenvalue weighted by molar-refractivity contribution is 6.09. The number of benzene rings is 2. The van der Waals surface area contributed by atoms with Crippen LogP contribution in [-0.2, 0) is 16.1 Å². The van der Waals surface area contributed by atoms with Crippen molar-refractivity contribution in [1.82, 2.24) is 10.2 Å². The minimum absolute atomic E-state index is 0.0459. The number of carbonyl (C=O) groups excluding carboxylic acids is 2. The first-order valence-corrected chi connectivity index (χ1v) is 10.8. The Hall–Kier alpha value is -3.63. The molecule has 0 aliphatic carbocycles. The summed E-state index contributed by atoms with van der Waals surface area (Å²) in [6.07, 6.45) is 3.32. The van der Waals surface area contributed by atoms with Crippen molar-refractivity contribution in [3.8, 4) is 6.07 Å². The predicted octanol–water partition coefficient (Wildman–Crippen LogP) is 3.46. The Morgan fingerprint density at radius 1 is 1.12 bits per heavy atom. The first-order chi connectivity index (χ1) is 15.6. The second kappa shape index (κ2) is 11.7. The monoisotopic (exact) mass is 432 g/mol. The number of nitrogens with zero attached hydrogens (tertiary/aromatic N) is 2.